The van der Waals surface area contributed by atoms with Gasteiger partial charge in [-0.2, -0.15) is 0 Å². The average molecular weight is 831 g/mol. The van der Waals surface area contributed by atoms with Gasteiger partial charge in [-0.05, 0) is 216 Å². The van der Waals surface area contributed by atoms with Crippen molar-refractivity contribution in [2.24, 2.45) is 47.3 Å². The van der Waals surface area contributed by atoms with Gasteiger partial charge >= 0.3 is 0 Å². The van der Waals surface area contributed by atoms with Crippen LogP contribution in [0.5, 0.6) is 0 Å². The molecule has 3 heterocycles. The van der Waals surface area contributed by atoms with Crippen molar-refractivity contribution >= 4 is 12.2 Å². The van der Waals surface area contributed by atoms with Gasteiger partial charge in [-0.25, -0.2) is 0 Å². The van der Waals surface area contributed by atoms with Crippen LogP contribution in [0, 0.1) is 47.3 Å². The Morgan fingerprint density at radius 2 is 1.52 bits per heavy atom. The molecule has 0 radical (unpaired) electrons. The summed E-state index contributed by atoms with van der Waals surface area (Å²) in [6.07, 6.45) is 60.4. The highest BCUT2D eigenvalue weighted by atomic mass is 15.2. The summed E-state index contributed by atoms with van der Waals surface area (Å²) in [5.41, 5.74) is 12.9. The molecule has 1 aromatic rings. The van der Waals surface area contributed by atoms with Crippen LogP contribution < -0.4 is 10.6 Å². The lowest BCUT2D eigenvalue weighted by Gasteiger charge is -2.52. The summed E-state index contributed by atoms with van der Waals surface area (Å²) in [5.74, 6) is 5.79. The van der Waals surface area contributed by atoms with Crippen LogP contribution in [0.15, 0.2) is 83.2 Å². The number of fused-ring (bicyclic) bond motifs is 6. The summed E-state index contributed by atoms with van der Waals surface area (Å²) in [5, 5.41) is 8.59. The molecule has 9 aliphatic carbocycles. The number of nitrogens with one attached hydrogen (secondary N) is 2. The topological polar surface area (TPSA) is 32.2 Å². The maximum Gasteiger partial charge on any atom is 0.0605 e. The number of nitrogens with zero attached hydrogens (tertiary/aromatic N) is 2. The van der Waals surface area contributed by atoms with Crippen molar-refractivity contribution in [3.63, 3.8) is 0 Å². The third-order valence-electron chi connectivity index (χ3n) is 19.0. The molecule has 1 saturated heterocycles. The zero-order valence-electron chi connectivity index (χ0n) is 38.5. The fourth-order valence-electron chi connectivity index (χ4n) is 16.2. The zero-order valence-corrected chi connectivity index (χ0v) is 38.5. The van der Waals surface area contributed by atoms with E-state index in [0.717, 1.165) is 35.6 Å². The molecule has 4 fully saturated rings. The molecule has 4 heteroatoms. The zero-order chi connectivity index (χ0) is 41.3. The van der Waals surface area contributed by atoms with E-state index in [4.69, 9.17) is 0 Å². The summed E-state index contributed by atoms with van der Waals surface area (Å²) < 4.78 is 2.85. The number of allylic oxidation sites excluding steroid dienone is 10. The summed E-state index contributed by atoms with van der Waals surface area (Å²) in [4.78, 5) is 3.01. The van der Waals surface area contributed by atoms with Crippen LogP contribution in [-0.4, -0.2) is 39.8 Å². The first kappa shape index (κ1) is 40.4. The smallest absolute Gasteiger partial charge is 0.0605 e. The minimum absolute atomic E-state index is 0.499. The summed E-state index contributed by atoms with van der Waals surface area (Å²) in [7, 11) is 0. The molecule has 4 nitrogen and oxygen atoms in total. The summed E-state index contributed by atoms with van der Waals surface area (Å²) in [6, 6.07) is 3.44. The van der Waals surface area contributed by atoms with Gasteiger partial charge in [0.1, 0.15) is 0 Å². The fraction of sp³-hybridized carbons (Fsp3) is 0.655. The van der Waals surface area contributed by atoms with Gasteiger partial charge in [0.2, 0.25) is 0 Å². The molecule has 2 N–H and O–H groups in total. The van der Waals surface area contributed by atoms with Crippen molar-refractivity contribution in [1.82, 2.24) is 20.1 Å². The summed E-state index contributed by atoms with van der Waals surface area (Å²) >= 11 is 0. The van der Waals surface area contributed by atoms with E-state index in [0.29, 0.717) is 48.1 Å². The van der Waals surface area contributed by atoms with E-state index in [-0.39, 0.29) is 0 Å². The van der Waals surface area contributed by atoms with Gasteiger partial charge in [0, 0.05) is 53.2 Å². The van der Waals surface area contributed by atoms with Crippen LogP contribution in [-0.2, 0) is 12.8 Å². The number of rotatable bonds is 6. The first-order valence-electron chi connectivity index (χ1n) is 26.6. The highest BCUT2D eigenvalue weighted by molar-refractivity contribution is 5.73. The molecular weight excluding hydrogens is 753 g/mol. The number of aromatic nitrogens is 1. The molecular formula is C58H78N4. The van der Waals surface area contributed by atoms with Crippen molar-refractivity contribution in [2.45, 2.75) is 191 Å². The molecule has 11 aliphatic rings. The van der Waals surface area contributed by atoms with Crippen LogP contribution in [0.2, 0.25) is 0 Å². The van der Waals surface area contributed by atoms with Crippen LogP contribution in [0.4, 0.5) is 0 Å². The SMILES string of the molecule is CC1CC(C)CC(n2c3c(c4c2CCC(C2=CCC(C5C=CC6=C(C5)C5C=CCCC5N6C5CCC(C6NC7CCCCC7C(C7C=CCCC7)N6)CC5)C=C2)=C4)CCC=C3)C1. The molecule has 3 saturated carbocycles. The molecule has 62 heavy (non-hydrogen) atoms. The first-order valence-corrected chi connectivity index (χ1v) is 26.6. The van der Waals surface area contributed by atoms with E-state index >= 15 is 0 Å². The highest BCUT2D eigenvalue weighted by Gasteiger charge is 2.47. The van der Waals surface area contributed by atoms with Gasteiger partial charge in [0.25, 0.3) is 0 Å². The Hall–Kier alpha value is -3.08. The van der Waals surface area contributed by atoms with Crippen LogP contribution >= 0.6 is 0 Å². The highest BCUT2D eigenvalue weighted by Crippen LogP contribution is 2.51. The van der Waals surface area contributed by atoms with Crippen molar-refractivity contribution in [3.05, 3.63) is 106 Å². The third kappa shape index (κ3) is 7.32. The van der Waals surface area contributed by atoms with E-state index in [1.807, 2.05) is 0 Å². The van der Waals surface area contributed by atoms with Crippen LogP contribution in [0.25, 0.3) is 12.2 Å². The van der Waals surface area contributed by atoms with Crippen molar-refractivity contribution in [3.8, 4) is 0 Å². The normalized spacial score (nSPS) is 41.2. The average Bonchev–Trinajstić information content (AvgIpc) is 3.83. The van der Waals surface area contributed by atoms with Gasteiger partial charge in [-0.3, -0.25) is 10.6 Å². The lowest BCUT2D eigenvalue weighted by Crippen LogP contribution is -2.68. The van der Waals surface area contributed by atoms with Gasteiger partial charge in [-0.1, -0.05) is 81.4 Å². The number of hydrogen-bond acceptors (Lipinski definition) is 3. The van der Waals surface area contributed by atoms with E-state index in [9.17, 15) is 0 Å². The Labute approximate surface area is 375 Å². The van der Waals surface area contributed by atoms with Crippen LogP contribution in [0.1, 0.15) is 171 Å². The first-order chi connectivity index (χ1) is 30.5. The van der Waals surface area contributed by atoms with E-state index in [1.54, 1.807) is 39.4 Å². The fourth-order valence-corrected chi connectivity index (χ4v) is 16.2. The molecule has 0 bridgehead atoms. The third-order valence-corrected chi connectivity index (χ3v) is 19.0. The largest absolute Gasteiger partial charge is 0.365 e. The lowest BCUT2D eigenvalue weighted by molar-refractivity contribution is 0.0480. The van der Waals surface area contributed by atoms with Crippen molar-refractivity contribution < 1.29 is 0 Å². The Kier molecular flexibility index (Phi) is 11.1. The predicted molar refractivity (Wildman–Crippen MR) is 258 cm³/mol. The molecule has 330 valence electrons. The van der Waals surface area contributed by atoms with Gasteiger partial charge < -0.3 is 9.47 Å². The molecule has 12 rings (SSSR count). The second kappa shape index (κ2) is 17.0. The molecule has 0 spiro atoms. The minimum atomic E-state index is 0.499. The van der Waals surface area contributed by atoms with E-state index in [2.05, 4.69) is 107 Å². The Morgan fingerprint density at radius 3 is 2.35 bits per heavy atom. The molecule has 1 aromatic heterocycles. The molecule has 0 aromatic carbocycles. The number of hydrogen-bond donors (Lipinski definition) is 2. The minimum Gasteiger partial charge on any atom is -0.365 e. The Bertz CT molecular complexity index is 2100. The van der Waals surface area contributed by atoms with Gasteiger partial charge in [-0.15, -0.1) is 0 Å². The van der Waals surface area contributed by atoms with E-state index < -0.39 is 0 Å². The summed E-state index contributed by atoms with van der Waals surface area (Å²) in [6.45, 7) is 4.98. The van der Waals surface area contributed by atoms with Crippen LogP contribution in [0.3, 0.4) is 0 Å². The standard InChI is InChI=1S/C58H78N4/c1-37-32-38(2)34-46(33-37)62-54-19-11-8-15-48(54)51-36-44(27-31-56(51)62)40-22-20-39(21-23-40)43-26-30-55-50(35-43)47-14-7-10-18-53(47)61(55)45-28-24-42(25-29-45)58-59-52-17-9-6-16-49(52)57(60-58)41-12-4-3-5-13-41/h4,7,11-12,14,19-20,22-23,26,30,36-39,41-43,45-47,49,52-53,57-60H,3,5-6,8-10,13,15-18,21,24-25,27-29,31-35H2,1-2H3. The molecule has 0 amide bonds. The van der Waals surface area contributed by atoms with Crippen molar-refractivity contribution in [2.75, 3.05) is 0 Å². The second-order valence-electron chi connectivity index (χ2n) is 22.8. The van der Waals surface area contributed by atoms with Gasteiger partial charge in [0.05, 0.1) is 6.17 Å². The monoisotopic (exact) mass is 831 g/mol. The predicted octanol–water partition coefficient (Wildman–Crippen LogP) is 13.1. The molecule has 11 unspecified atom stereocenters. The van der Waals surface area contributed by atoms with E-state index in [1.165, 1.54) is 147 Å². The quantitative estimate of drug-likeness (QED) is 0.280. The maximum atomic E-state index is 4.33. The maximum absolute atomic E-state index is 4.33. The molecule has 2 aliphatic heterocycles. The second-order valence-corrected chi connectivity index (χ2v) is 22.8. The van der Waals surface area contributed by atoms with Gasteiger partial charge in [0.15, 0.2) is 0 Å². The lowest BCUT2D eigenvalue weighted by atomic mass is 9.70. The Morgan fingerprint density at radius 1 is 0.661 bits per heavy atom. The molecule has 11 atom stereocenters. The van der Waals surface area contributed by atoms with Crippen molar-refractivity contribution in [1.29, 1.82) is 0 Å². The Balaban J connectivity index is 0.718.